The maximum absolute atomic E-state index is 11.8. The average Bonchev–Trinajstić information content (AvgIpc) is 2.78. The molecule has 0 aromatic rings. The number of nitrogens with one attached hydrogen (secondary N) is 1. The number of aliphatic carboxylic acids is 1. The molecule has 3 atom stereocenters. The van der Waals surface area contributed by atoms with E-state index in [1.165, 1.54) is 13.8 Å². The molecule has 1 rings (SSSR count). The minimum Gasteiger partial charge on any atom is -0.480 e. The molecular formula is C11H19NO4S. The summed E-state index contributed by atoms with van der Waals surface area (Å²) in [4.78, 5) is 22.5. The molecule has 2 N–H and O–H groups in total. The molecule has 0 spiro atoms. The molecule has 0 radical (unpaired) electrons. The Bertz CT molecular complexity index is 325. The first-order valence-electron chi connectivity index (χ1n) is 5.86. The highest BCUT2D eigenvalue weighted by molar-refractivity contribution is 7.87. The monoisotopic (exact) mass is 261 g/mol. The zero-order valence-electron chi connectivity index (χ0n) is 10.1. The predicted octanol–water partition coefficient (Wildman–Crippen LogP) is 0.655. The molecule has 0 saturated heterocycles. The van der Waals surface area contributed by atoms with Crippen LogP contribution in [0.4, 0.5) is 0 Å². The maximum Gasteiger partial charge on any atom is 0.319 e. The molecule has 0 bridgehead atoms. The van der Waals surface area contributed by atoms with Crippen LogP contribution in [0.3, 0.4) is 0 Å². The Hall–Kier alpha value is -0.910. The van der Waals surface area contributed by atoms with E-state index in [0.717, 1.165) is 25.7 Å². The Kier molecular flexibility index (Phi) is 5.11. The van der Waals surface area contributed by atoms with Crippen LogP contribution in [-0.4, -0.2) is 37.7 Å². The standard InChI is InChI=1S/C11H19NO4S/c1-7(17(16)8(2)11(14)15)10(13)12-9-5-3-4-6-9/h7-9H,3-6H2,1-2H3,(H,12,13)(H,14,15). The van der Waals surface area contributed by atoms with Gasteiger partial charge in [-0.05, 0) is 26.7 Å². The van der Waals surface area contributed by atoms with Crippen molar-refractivity contribution >= 4 is 22.7 Å². The lowest BCUT2D eigenvalue weighted by molar-refractivity contribution is -0.136. The molecule has 0 aromatic heterocycles. The van der Waals surface area contributed by atoms with Crippen molar-refractivity contribution in [2.24, 2.45) is 0 Å². The number of carbonyl (C=O) groups is 2. The fourth-order valence-electron chi connectivity index (χ4n) is 1.90. The SMILES string of the molecule is CC(C(=O)O)S(=O)C(C)C(=O)NC1CCCC1. The van der Waals surface area contributed by atoms with Crippen LogP contribution in [0.2, 0.25) is 0 Å². The van der Waals surface area contributed by atoms with E-state index in [1.807, 2.05) is 0 Å². The Morgan fingerprint density at radius 1 is 1.24 bits per heavy atom. The summed E-state index contributed by atoms with van der Waals surface area (Å²) in [6.45, 7) is 2.87. The van der Waals surface area contributed by atoms with Crippen LogP contribution < -0.4 is 5.32 Å². The summed E-state index contributed by atoms with van der Waals surface area (Å²) in [7, 11) is -1.68. The maximum atomic E-state index is 11.8. The fraction of sp³-hybridized carbons (Fsp3) is 0.818. The van der Waals surface area contributed by atoms with Gasteiger partial charge in [0.05, 0.1) is 0 Å². The lowest BCUT2D eigenvalue weighted by Gasteiger charge is -2.17. The van der Waals surface area contributed by atoms with E-state index in [0.29, 0.717) is 0 Å². The Labute approximate surface area is 103 Å². The molecule has 3 unspecified atom stereocenters. The van der Waals surface area contributed by atoms with E-state index >= 15 is 0 Å². The lowest BCUT2D eigenvalue weighted by Crippen LogP contribution is -2.43. The summed E-state index contributed by atoms with van der Waals surface area (Å²) < 4.78 is 11.8. The second-order valence-electron chi connectivity index (χ2n) is 4.44. The molecule has 1 aliphatic rings. The highest BCUT2D eigenvalue weighted by atomic mass is 32.2. The number of carboxylic acid groups (broad SMARTS) is 1. The van der Waals surface area contributed by atoms with Gasteiger partial charge in [0.1, 0.15) is 10.5 Å². The van der Waals surface area contributed by atoms with Crippen LogP contribution in [0, 0.1) is 0 Å². The van der Waals surface area contributed by atoms with E-state index < -0.39 is 27.3 Å². The van der Waals surface area contributed by atoms with Crippen molar-refractivity contribution in [3.05, 3.63) is 0 Å². The number of hydrogen-bond acceptors (Lipinski definition) is 3. The van der Waals surface area contributed by atoms with Gasteiger partial charge < -0.3 is 10.4 Å². The third kappa shape index (κ3) is 3.80. The van der Waals surface area contributed by atoms with E-state index in [1.54, 1.807) is 0 Å². The highest BCUT2D eigenvalue weighted by Gasteiger charge is 2.30. The van der Waals surface area contributed by atoms with Crippen molar-refractivity contribution in [1.29, 1.82) is 0 Å². The first kappa shape index (κ1) is 14.2. The quantitative estimate of drug-likeness (QED) is 0.761. The lowest BCUT2D eigenvalue weighted by atomic mass is 10.2. The minimum absolute atomic E-state index is 0.169. The predicted molar refractivity (Wildman–Crippen MR) is 65.1 cm³/mol. The summed E-state index contributed by atoms with van der Waals surface area (Å²) in [5.74, 6) is -1.44. The third-order valence-electron chi connectivity index (χ3n) is 3.12. The topological polar surface area (TPSA) is 83.5 Å². The molecule has 0 aromatic carbocycles. The average molecular weight is 261 g/mol. The van der Waals surface area contributed by atoms with Gasteiger partial charge in [0.15, 0.2) is 0 Å². The minimum atomic E-state index is -1.68. The van der Waals surface area contributed by atoms with E-state index in [4.69, 9.17) is 5.11 Å². The molecule has 17 heavy (non-hydrogen) atoms. The summed E-state index contributed by atoms with van der Waals surface area (Å²) in [6.07, 6.45) is 4.13. The summed E-state index contributed by atoms with van der Waals surface area (Å²) in [6, 6.07) is 0.169. The van der Waals surface area contributed by atoms with Gasteiger partial charge in [0, 0.05) is 16.8 Å². The van der Waals surface area contributed by atoms with Crippen molar-refractivity contribution in [2.75, 3.05) is 0 Å². The van der Waals surface area contributed by atoms with Crippen molar-refractivity contribution in [2.45, 2.75) is 56.1 Å². The van der Waals surface area contributed by atoms with Gasteiger partial charge in [-0.2, -0.15) is 0 Å². The zero-order chi connectivity index (χ0) is 13.0. The van der Waals surface area contributed by atoms with Crippen LogP contribution in [0.5, 0.6) is 0 Å². The van der Waals surface area contributed by atoms with E-state index in [2.05, 4.69) is 5.32 Å². The van der Waals surface area contributed by atoms with E-state index in [-0.39, 0.29) is 11.9 Å². The Morgan fingerprint density at radius 3 is 2.24 bits per heavy atom. The van der Waals surface area contributed by atoms with Crippen molar-refractivity contribution in [1.82, 2.24) is 5.32 Å². The molecule has 1 fully saturated rings. The molecule has 1 aliphatic carbocycles. The van der Waals surface area contributed by atoms with E-state index in [9.17, 15) is 13.8 Å². The van der Waals surface area contributed by atoms with Gasteiger partial charge in [0.25, 0.3) is 0 Å². The largest absolute Gasteiger partial charge is 0.480 e. The first-order chi connectivity index (χ1) is 7.93. The van der Waals surface area contributed by atoms with Gasteiger partial charge in [-0.3, -0.25) is 13.8 Å². The molecule has 0 heterocycles. The zero-order valence-corrected chi connectivity index (χ0v) is 11.0. The van der Waals surface area contributed by atoms with Crippen molar-refractivity contribution in [3.63, 3.8) is 0 Å². The van der Waals surface area contributed by atoms with Gasteiger partial charge >= 0.3 is 5.97 Å². The molecule has 6 heteroatoms. The molecule has 5 nitrogen and oxygen atoms in total. The second kappa shape index (κ2) is 6.14. The summed E-state index contributed by atoms with van der Waals surface area (Å²) in [5, 5.41) is 9.78. The third-order valence-corrected chi connectivity index (χ3v) is 4.93. The van der Waals surface area contributed by atoms with Gasteiger partial charge in [-0.15, -0.1) is 0 Å². The Morgan fingerprint density at radius 2 is 1.76 bits per heavy atom. The molecule has 98 valence electrons. The second-order valence-corrected chi connectivity index (χ2v) is 6.51. The molecule has 1 saturated carbocycles. The normalized spacial score (nSPS) is 21.8. The van der Waals surface area contributed by atoms with Crippen LogP contribution in [0.25, 0.3) is 0 Å². The van der Waals surface area contributed by atoms with Crippen LogP contribution in [0.1, 0.15) is 39.5 Å². The van der Waals surface area contributed by atoms with Crippen LogP contribution >= 0.6 is 0 Å². The van der Waals surface area contributed by atoms with Gasteiger partial charge in [-0.25, -0.2) is 0 Å². The van der Waals surface area contributed by atoms with Crippen LogP contribution in [0.15, 0.2) is 0 Å². The Balaban J connectivity index is 2.50. The van der Waals surface area contributed by atoms with Crippen LogP contribution in [-0.2, 0) is 20.4 Å². The van der Waals surface area contributed by atoms with Gasteiger partial charge in [0.2, 0.25) is 5.91 Å². The molecular weight excluding hydrogens is 242 g/mol. The summed E-state index contributed by atoms with van der Waals surface area (Å²) >= 11 is 0. The van der Waals surface area contributed by atoms with Crippen molar-refractivity contribution < 1.29 is 18.9 Å². The molecule has 1 amide bonds. The number of rotatable bonds is 5. The van der Waals surface area contributed by atoms with Crippen molar-refractivity contribution in [3.8, 4) is 0 Å². The number of carbonyl (C=O) groups excluding carboxylic acids is 1. The number of carboxylic acids is 1. The van der Waals surface area contributed by atoms with Gasteiger partial charge in [-0.1, -0.05) is 12.8 Å². The highest BCUT2D eigenvalue weighted by Crippen LogP contribution is 2.18. The summed E-state index contributed by atoms with van der Waals surface area (Å²) in [5.41, 5.74) is 0. The first-order valence-corrected chi connectivity index (χ1v) is 7.13. The smallest absolute Gasteiger partial charge is 0.319 e. The fourth-order valence-corrected chi connectivity index (χ4v) is 2.99. The number of hydrogen-bond donors (Lipinski definition) is 2. The molecule has 0 aliphatic heterocycles. The number of amides is 1.